The number of amides is 2. The Hall–Kier alpha value is -1.89. The molecule has 5 nitrogen and oxygen atoms in total. The van der Waals surface area contributed by atoms with Crippen molar-refractivity contribution in [2.24, 2.45) is 0 Å². The first-order valence-corrected chi connectivity index (χ1v) is 9.43. The van der Waals surface area contributed by atoms with Crippen molar-refractivity contribution in [1.29, 1.82) is 0 Å². The molecule has 0 aliphatic carbocycles. The Morgan fingerprint density at radius 3 is 2.92 bits per heavy atom. The fourth-order valence-electron chi connectivity index (χ4n) is 2.97. The van der Waals surface area contributed by atoms with Crippen LogP contribution in [0, 0.1) is 0 Å². The molecule has 1 fully saturated rings. The Morgan fingerprint density at radius 1 is 1.36 bits per heavy atom. The Morgan fingerprint density at radius 2 is 2.20 bits per heavy atom. The Labute approximate surface area is 156 Å². The van der Waals surface area contributed by atoms with Gasteiger partial charge in [0.25, 0.3) is 5.91 Å². The second-order valence-corrected chi connectivity index (χ2v) is 7.36. The van der Waals surface area contributed by atoms with Gasteiger partial charge in [-0.15, -0.1) is 11.3 Å². The van der Waals surface area contributed by atoms with Crippen molar-refractivity contribution in [2.45, 2.75) is 19.0 Å². The molecular formula is C18H20ClN3O2S. The van der Waals surface area contributed by atoms with Gasteiger partial charge in [0.2, 0.25) is 5.91 Å². The fourth-order valence-corrected chi connectivity index (χ4v) is 3.79. The molecule has 2 unspecified atom stereocenters. The molecule has 0 saturated carbocycles. The van der Waals surface area contributed by atoms with Crippen molar-refractivity contribution in [3.63, 3.8) is 0 Å². The summed E-state index contributed by atoms with van der Waals surface area (Å²) in [6, 6.07) is 10.4. The number of rotatable bonds is 4. The van der Waals surface area contributed by atoms with E-state index < -0.39 is 6.04 Å². The van der Waals surface area contributed by atoms with Crippen molar-refractivity contribution >= 4 is 34.8 Å². The highest BCUT2D eigenvalue weighted by atomic mass is 35.5. The van der Waals surface area contributed by atoms with Crippen LogP contribution in [0.15, 0.2) is 41.8 Å². The monoisotopic (exact) mass is 377 g/mol. The molecule has 0 spiro atoms. The lowest BCUT2D eigenvalue weighted by atomic mass is 10.0. The summed E-state index contributed by atoms with van der Waals surface area (Å²) < 4.78 is 0. The van der Waals surface area contributed by atoms with Crippen LogP contribution in [0.5, 0.6) is 0 Å². The maximum Gasteiger partial charge on any atom is 0.261 e. The summed E-state index contributed by atoms with van der Waals surface area (Å²) in [6.07, 6.45) is 0. The van der Waals surface area contributed by atoms with E-state index in [0.717, 1.165) is 12.1 Å². The summed E-state index contributed by atoms with van der Waals surface area (Å²) in [6.45, 7) is 3.71. The van der Waals surface area contributed by atoms with Gasteiger partial charge in [-0.05, 0) is 36.1 Å². The summed E-state index contributed by atoms with van der Waals surface area (Å²) in [5.74, 6) is -0.304. The quantitative estimate of drug-likeness (QED) is 0.861. The number of benzene rings is 1. The van der Waals surface area contributed by atoms with E-state index in [0.29, 0.717) is 23.0 Å². The van der Waals surface area contributed by atoms with Gasteiger partial charge in [0, 0.05) is 24.7 Å². The molecule has 1 saturated heterocycles. The number of nitrogens with zero attached hydrogens (tertiary/aromatic N) is 1. The highest BCUT2D eigenvalue weighted by Gasteiger charge is 2.31. The molecule has 132 valence electrons. The maximum absolute atomic E-state index is 12.9. The van der Waals surface area contributed by atoms with Gasteiger partial charge in [-0.1, -0.05) is 29.8 Å². The van der Waals surface area contributed by atoms with E-state index in [-0.39, 0.29) is 17.9 Å². The maximum atomic E-state index is 12.9. The number of carbonyl (C=O) groups is 2. The largest absolute Gasteiger partial charge is 0.340 e. The van der Waals surface area contributed by atoms with Crippen LogP contribution in [0.4, 0.5) is 0 Å². The van der Waals surface area contributed by atoms with Gasteiger partial charge >= 0.3 is 0 Å². The van der Waals surface area contributed by atoms with Crippen LogP contribution in [0.2, 0.25) is 5.02 Å². The average Bonchev–Trinajstić information content (AvgIpc) is 3.16. The average molecular weight is 378 g/mol. The van der Waals surface area contributed by atoms with Crippen molar-refractivity contribution in [2.75, 3.05) is 19.6 Å². The molecule has 2 N–H and O–H groups in total. The zero-order chi connectivity index (χ0) is 17.8. The normalized spacial score (nSPS) is 18.6. The first-order chi connectivity index (χ1) is 12.1. The van der Waals surface area contributed by atoms with E-state index in [1.165, 1.54) is 11.3 Å². The van der Waals surface area contributed by atoms with E-state index in [1.807, 2.05) is 40.6 Å². The van der Waals surface area contributed by atoms with Crippen molar-refractivity contribution in [3.05, 3.63) is 57.2 Å². The lowest BCUT2D eigenvalue weighted by Crippen LogP contribution is -2.54. The molecule has 1 aromatic carbocycles. The molecular weight excluding hydrogens is 358 g/mol. The first kappa shape index (κ1) is 17.9. The van der Waals surface area contributed by atoms with E-state index in [4.69, 9.17) is 11.6 Å². The number of hydrogen-bond acceptors (Lipinski definition) is 4. The smallest absolute Gasteiger partial charge is 0.261 e. The number of halogens is 1. The van der Waals surface area contributed by atoms with Gasteiger partial charge in [-0.25, -0.2) is 0 Å². The minimum atomic E-state index is -0.589. The topological polar surface area (TPSA) is 61.4 Å². The zero-order valence-corrected chi connectivity index (χ0v) is 15.4. The third-order valence-electron chi connectivity index (χ3n) is 4.22. The number of hydrogen-bond donors (Lipinski definition) is 2. The van der Waals surface area contributed by atoms with E-state index >= 15 is 0 Å². The van der Waals surface area contributed by atoms with Crippen molar-refractivity contribution in [3.8, 4) is 0 Å². The molecule has 2 heterocycles. The van der Waals surface area contributed by atoms with Gasteiger partial charge in [0.05, 0.1) is 10.9 Å². The van der Waals surface area contributed by atoms with Gasteiger partial charge in [-0.3, -0.25) is 9.59 Å². The van der Waals surface area contributed by atoms with Gasteiger partial charge in [-0.2, -0.15) is 0 Å². The molecule has 7 heteroatoms. The summed E-state index contributed by atoms with van der Waals surface area (Å²) in [7, 11) is 0. The standard InChI is InChI=1S/C18H20ClN3O2S/c1-12(21-17(23)16-6-3-9-25-16)18(24)22-8-7-20-11-15(22)13-4-2-5-14(19)10-13/h2-6,9-10,12,15,20H,7-8,11H2,1H3,(H,21,23). The van der Waals surface area contributed by atoms with Crippen LogP contribution < -0.4 is 10.6 Å². The third-order valence-corrected chi connectivity index (χ3v) is 5.33. The highest BCUT2D eigenvalue weighted by Crippen LogP contribution is 2.25. The molecule has 1 aromatic heterocycles. The second-order valence-electron chi connectivity index (χ2n) is 5.98. The molecule has 2 amide bonds. The van der Waals surface area contributed by atoms with E-state index in [2.05, 4.69) is 10.6 Å². The molecule has 0 bridgehead atoms. The lowest BCUT2D eigenvalue weighted by Gasteiger charge is -2.38. The van der Waals surface area contributed by atoms with Crippen molar-refractivity contribution < 1.29 is 9.59 Å². The molecule has 0 radical (unpaired) electrons. The van der Waals surface area contributed by atoms with Crippen LogP contribution in [0.1, 0.15) is 28.2 Å². The van der Waals surface area contributed by atoms with Crippen LogP contribution in [0.3, 0.4) is 0 Å². The zero-order valence-electron chi connectivity index (χ0n) is 13.9. The molecule has 2 atom stereocenters. The molecule has 1 aliphatic heterocycles. The Bertz CT molecular complexity index is 751. The number of piperazine rings is 1. The molecule has 25 heavy (non-hydrogen) atoms. The second kappa shape index (κ2) is 7.99. The summed E-state index contributed by atoms with van der Waals surface area (Å²) in [5, 5.41) is 8.60. The Kier molecular flexibility index (Phi) is 5.73. The first-order valence-electron chi connectivity index (χ1n) is 8.17. The fraction of sp³-hybridized carbons (Fsp3) is 0.333. The van der Waals surface area contributed by atoms with Gasteiger partial charge in [0.1, 0.15) is 6.04 Å². The SMILES string of the molecule is CC(NC(=O)c1cccs1)C(=O)N1CCNCC1c1cccc(Cl)c1. The van der Waals surface area contributed by atoms with Crippen LogP contribution in [-0.4, -0.2) is 42.4 Å². The molecule has 3 rings (SSSR count). The van der Waals surface area contributed by atoms with Gasteiger partial charge in [0.15, 0.2) is 0 Å². The lowest BCUT2D eigenvalue weighted by molar-refractivity contribution is -0.136. The van der Waals surface area contributed by atoms with Gasteiger partial charge < -0.3 is 15.5 Å². The van der Waals surface area contributed by atoms with Crippen LogP contribution in [-0.2, 0) is 4.79 Å². The predicted octanol–water partition coefficient (Wildman–Crippen LogP) is 2.69. The Balaban J connectivity index is 1.73. The minimum absolute atomic E-state index is 0.0867. The highest BCUT2D eigenvalue weighted by molar-refractivity contribution is 7.12. The summed E-state index contributed by atoms with van der Waals surface area (Å²) in [5.41, 5.74) is 0.991. The third kappa shape index (κ3) is 4.21. The van der Waals surface area contributed by atoms with E-state index in [1.54, 1.807) is 13.0 Å². The van der Waals surface area contributed by atoms with Crippen LogP contribution in [0.25, 0.3) is 0 Å². The summed E-state index contributed by atoms with van der Waals surface area (Å²) >= 11 is 7.46. The molecule has 2 aromatic rings. The van der Waals surface area contributed by atoms with Crippen molar-refractivity contribution in [1.82, 2.24) is 15.5 Å². The predicted molar refractivity (Wildman–Crippen MR) is 100 cm³/mol. The van der Waals surface area contributed by atoms with Crippen LogP contribution >= 0.6 is 22.9 Å². The minimum Gasteiger partial charge on any atom is -0.340 e. The summed E-state index contributed by atoms with van der Waals surface area (Å²) in [4.78, 5) is 27.5. The number of carbonyl (C=O) groups excluding carboxylic acids is 2. The molecule has 1 aliphatic rings. The number of thiophene rings is 1. The van der Waals surface area contributed by atoms with E-state index in [9.17, 15) is 9.59 Å². The number of nitrogens with one attached hydrogen (secondary N) is 2.